The van der Waals surface area contributed by atoms with E-state index in [1.165, 1.54) is 11.5 Å². The molecule has 2 aromatic rings. The van der Waals surface area contributed by atoms with Crippen LogP contribution in [-0.2, 0) is 4.79 Å². The standard InChI is InChI=1S/C14H14N2OS/c1-9-7-11(9)14(17)15-13-8-12(16-18-13)10-5-3-2-4-6-10/h2-6,8-9,11H,7H2,1H3,(H,15,17)/t9-,11-/m0/s1. The van der Waals surface area contributed by atoms with Crippen LogP contribution in [0.25, 0.3) is 11.3 Å². The number of anilines is 1. The highest BCUT2D eigenvalue weighted by molar-refractivity contribution is 7.10. The van der Waals surface area contributed by atoms with Gasteiger partial charge in [0.2, 0.25) is 5.91 Å². The second-order valence-corrected chi connectivity index (χ2v) is 5.56. The van der Waals surface area contributed by atoms with E-state index in [0.29, 0.717) is 5.92 Å². The van der Waals surface area contributed by atoms with Crippen LogP contribution in [0.15, 0.2) is 36.4 Å². The fourth-order valence-corrected chi connectivity index (χ4v) is 2.65. The predicted octanol–water partition coefficient (Wildman–Crippen LogP) is 3.40. The molecule has 1 heterocycles. The fourth-order valence-electron chi connectivity index (χ4n) is 1.98. The van der Waals surface area contributed by atoms with Crippen LogP contribution in [0.1, 0.15) is 13.3 Å². The third-order valence-electron chi connectivity index (χ3n) is 3.27. The van der Waals surface area contributed by atoms with Gasteiger partial charge in [0.05, 0.1) is 5.69 Å². The van der Waals surface area contributed by atoms with Gasteiger partial charge in [-0.2, -0.15) is 4.37 Å². The SMILES string of the molecule is C[C@H]1C[C@@H]1C(=O)Nc1cc(-c2ccccc2)ns1. The Morgan fingerprint density at radius 3 is 2.78 bits per heavy atom. The van der Waals surface area contributed by atoms with Crippen molar-refractivity contribution in [3.05, 3.63) is 36.4 Å². The summed E-state index contributed by atoms with van der Waals surface area (Å²) in [7, 11) is 0. The van der Waals surface area contributed by atoms with Gasteiger partial charge in [-0.1, -0.05) is 37.3 Å². The number of benzene rings is 1. The summed E-state index contributed by atoms with van der Waals surface area (Å²) in [6, 6.07) is 11.9. The van der Waals surface area contributed by atoms with E-state index in [1.54, 1.807) is 0 Å². The molecule has 0 radical (unpaired) electrons. The number of carbonyl (C=O) groups excluding carboxylic acids is 1. The van der Waals surface area contributed by atoms with E-state index in [1.807, 2.05) is 36.4 Å². The summed E-state index contributed by atoms with van der Waals surface area (Å²) in [6.45, 7) is 2.10. The Morgan fingerprint density at radius 2 is 2.11 bits per heavy atom. The summed E-state index contributed by atoms with van der Waals surface area (Å²) in [6.07, 6.45) is 1.01. The van der Waals surface area contributed by atoms with Crippen molar-refractivity contribution in [2.75, 3.05) is 5.32 Å². The van der Waals surface area contributed by atoms with Gasteiger partial charge in [-0.05, 0) is 23.9 Å². The molecule has 4 heteroatoms. The quantitative estimate of drug-likeness (QED) is 0.916. The van der Waals surface area contributed by atoms with Crippen molar-refractivity contribution in [1.29, 1.82) is 0 Å². The molecule has 0 bridgehead atoms. The number of rotatable bonds is 3. The molecule has 1 aromatic heterocycles. The van der Waals surface area contributed by atoms with Crippen molar-refractivity contribution in [2.24, 2.45) is 11.8 Å². The average molecular weight is 258 g/mol. The summed E-state index contributed by atoms with van der Waals surface area (Å²) in [5.74, 6) is 0.865. The monoisotopic (exact) mass is 258 g/mol. The van der Waals surface area contributed by atoms with E-state index in [4.69, 9.17) is 0 Å². The minimum Gasteiger partial charge on any atom is -0.316 e. The highest BCUT2D eigenvalue weighted by Crippen LogP contribution is 2.39. The normalized spacial score (nSPS) is 21.6. The van der Waals surface area contributed by atoms with Gasteiger partial charge < -0.3 is 5.32 Å². The van der Waals surface area contributed by atoms with E-state index in [2.05, 4.69) is 16.6 Å². The molecule has 1 N–H and O–H groups in total. The van der Waals surface area contributed by atoms with Gasteiger partial charge in [0.1, 0.15) is 5.00 Å². The largest absolute Gasteiger partial charge is 0.316 e. The third-order valence-corrected chi connectivity index (χ3v) is 3.98. The van der Waals surface area contributed by atoms with Crippen LogP contribution in [0, 0.1) is 11.8 Å². The first kappa shape index (κ1) is 11.4. The maximum atomic E-state index is 11.8. The first-order valence-corrected chi connectivity index (χ1v) is 6.84. The minimum atomic E-state index is 0.130. The number of nitrogens with zero attached hydrogens (tertiary/aromatic N) is 1. The summed E-state index contributed by atoms with van der Waals surface area (Å²) >= 11 is 1.34. The average Bonchev–Trinajstić information content (AvgIpc) is 2.95. The second-order valence-electron chi connectivity index (χ2n) is 4.75. The molecule has 0 unspecified atom stereocenters. The Kier molecular flexibility index (Phi) is 2.88. The Labute approximate surface area is 110 Å². The molecule has 3 nitrogen and oxygen atoms in total. The predicted molar refractivity (Wildman–Crippen MR) is 73.5 cm³/mol. The molecule has 1 saturated carbocycles. The Bertz CT molecular complexity index is 564. The lowest BCUT2D eigenvalue weighted by molar-refractivity contribution is -0.117. The zero-order valence-corrected chi connectivity index (χ0v) is 10.9. The van der Waals surface area contributed by atoms with E-state index in [9.17, 15) is 4.79 Å². The first-order valence-electron chi connectivity index (χ1n) is 6.07. The lowest BCUT2D eigenvalue weighted by Gasteiger charge is -1.98. The molecule has 18 heavy (non-hydrogen) atoms. The highest BCUT2D eigenvalue weighted by Gasteiger charge is 2.39. The van der Waals surface area contributed by atoms with Gasteiger partial charge in [0.15, 0.2) is 0 Å². The molecule has 3 rings (SSSR count). The fraction of sp³-hybridized carbons (Fsp3) is 0.286. The smallest absolute Gasteiger partial charge is 0.228 e. The summed E-state index contributed by atoms with van der Waals surface area (Å²) < 4.78 is 4.37. The Morgan fingerprint density at radius 1 is 1.39 bits per heavy atom. The number of hydrogen-bond acceptors (Lipinski definition) is 3. The number of amides is 1. The molecule has 0 spiro atoms. The van der Waals surface area contributed by atoms with Crippen LogP contribution in [0.3, 0.4) is 0 Å². The van der Waals surface area contributed by atoms with Crippen molar-refractivity contribution in [3.63, 3.8) is 0 Å². The Balaban J connectivity index is 1.72. The van der Waals surface area contributed by atoms with E-state index >= 15 is 0 Å². The van der Waals surface area contributed by atoms with Crippen LogP contribution in [0.2, 0.25) is 0 Å². The van der Waals surface area contributed by atoms with Crippen molar-refractivity contribution >= 4 is 22.4 Å². The van der Waals surface area contributed by atoms with Gasteiger partial charge in [0, 0.05) is 17.5 Å². The topological polar surface area (TPSA) is 42.0 Å². The molecule has 92 valence electrons. The maximum absolute atomic E-state index is 11.8. The molecule has 1 aliphatic rings. The van der Waals surface area contributed by atoms with Gasteiger partial charge in [-0.15, -0.1) is 0 Å². The maximum Gasteiger partial charge on any atom is 0.228 e. The van der Waals surface area contributed by atoms with E-state index in [0.717, 1.165) is 22.7 Å². The van der Waals surface area contributed by atoms with Crippen LogP contribution in [-0.4, -0.2) is 10.3 Å². The minimum absolute atomic E-state index is 0.130. The molecule has 1 aliphatic carbocycles. The van der Waals surface area contributed by atoms with Crippen LogP contribution in [0.4, 0.5) is 5.00 Å². The highest BCUT2D eigenvalue weighted by atomic mass is 32.1. The van der Waals surface area contributed by atoms with Crippen molar-refractivity contribution < 1.29 is 4.79 Å². The molecule has 1 fully saturated rings. The molecule has 2 atom stereocenters. The summed E-state index contributed by atoms with van der Waals surface area (Å²) in [4.78, 5) is 11.8. The number of nitrogens with one attached hydrogen (secondary N) is 1. The lowest BCUT2D eigenvalue weighted by Crippen LogP contribution is -2.13. The van der Waals surface area contributed by atoms with Crippen molar-refractivity contribution in [2.45, 2.75) is 13.3 Å². The second kappa shape index (κ2) is 4.53. The first-order chi connectivity index (χ1) is 8.74. The molecule has 1 amide bonds. The lowest BCUT2D eigenvalue weighted by atomic mass is 10.1. The molecule has 0 saturated heterocycles. The zero-order valence-electron chi connectivity index (χ0n) is 10.1. The van der Waals surface area contributed by atoms with E-state index < -0.39 is 0 Å². The summed E-state index contributed by atoms with van der Waals surface area (Å²) in [5, 5.41) is 3.77. The van der Waals surface area contributed by atoms with Crippen LogP contribution < -0.4 is 5.32 Å². The summed E-state index contributed by atoms with van der Waals surface area (Å²) in [5.41, 5.74) is 1.99. The third kappa shape index (κ3) is 2.29. The van der Waals surface area contributed by atoms with Gasteiger partial charge in [-0.3, -0.25) is 4.79 Å². The van der Waals surface area contributed by atoms with Crippen LogP contribution >= 0.6 is 11.5 Å². The van der Waals surface area contributed by atoms with Crippen molar-refractivity contribution in [1.82, 2.24) is 4.37 Å². The molecule has 0 aliphatic heterocycles. The van der Waals surface area contributed by atoms with Gasteiger partial charge in [0.25, 0.3) is 0 Å². The van der Waals surface area contributed by atoms with Crippen molar-refractivity contribution in [3.8, 4) is 11.3 Å². The molecular weight excluding hydrogens is 244 g/mol. The molecule has 1 aromatic carbocycles. The Hall–Kier alpha value is -1.68. The van der Waals surface area contributed by atoms with Crippen LogP contribution in [0.5, 0.6) is 0 Å². The van der Waals surface area contributed by atoms with Gasteiger partial charge >= 0.3 is 0 Å². The molecular formula is C14H14N2OS. The zero-order chi connectivity index (χ0) is 12.5. The van der Waals surface area contributed by atoms with Gasteiger partial charge in [-0.25, -0.2) is 0 Å². The van der Waals surface area contributed by atoms with E-state index in [-0.39, 0.29) is 11.8 Å². The number of aromatic nitrogens is 1. The number of hydrogen-bond donors (Lipinski definition) is 1. The number of carbonyl (C=O) groups is 1.